The Hall–Kier alpha value is -4.33. The number of benzene rings is 2. The minimum atomic E-state index is -0.439. The van der Waals surface area contributed by atoms with Gasteiger partial charge in [0.15, 0.2) is 5.76 Å². The first-order valence-electron chi connectivity index (χ1n) is 10.8. The number of hydrogen-bond donors (Lipinski definition) is 0. The molecule has 0 N–H and O–H groups in total. The Morgan fingerprint density at radius 2 is 2.03 bits per heavy atom. The lowest BCUT2D eigenvalue weighted by Gasteiger charge is -2.07. The van der Waals surface area contributed by atoms with Crippen molar-refractivity contribution < 1.29 is 28.3 Å². The molecule has 172 valence electrons. The monoisotopic (exact) mass is 458 g/mol. The van der Waals surface area contributed by atoms with Gasteiger partial charge in [0.2, 0.25) is 5.78 Å². The standard InChI is InChI=1S/C26H22N2O6/c1-15-10-18(32-24(29)9-8-17-13-23(31-3)27-34-17)12-21-25(15)26(30)22(33-21)11-16-14-28(2)20-7-5-4-6-19(16)20/h4-7,10-14H,8-9H2,1-3H3/b22-11-. The van der Waals surface area contributed by atoms with Crippen LogP contribution in [0.3, 0.4) is 0 Å². The lowest BCUT2D eigenvalue weighted by Crippen LogP contribution is -2.09. The van der Waals surface area contributed by atoms with Gasteiger partial charge in [-0.15, -0.1) is 0 Å². The van der Waals surface area contributed by atoms with Crippen molar-refractivity contribution in [3.05, 3.63) is 76.9 Å². The number of ketones is 1. The summed E-state index contributed by atoms with van der Waals surface area (Å²) in [6.07, 6.45) is 4.13. The molecular weight excluding hydrogens is 436 g/mol. The summed E-state index contributed by atoms with van der Waals surface area (Å²) in [6, 6.07) is 12.8. The van der Waals surface area contributed by atoms with Crippen LogP contribution in [0, 0.1) is 6.92 Å². The van der Waals surface area contributed by atoms with Gasteiger partial charge in [-0.1, -0.05) is 18.2 Å². The number of aromatic nitrogens is 2. The highest BCUT2D eigenvalue weighted by molar-refractivity contribution is 6.16. The predicted octanol–water partition coefficient (Wildman–Crippen LogP) is 4.64. The van der Waals surface area contributed by atoms with Crippen LogP contribution in [-0.2, 0) is 18.3 Å². The summed E-state index contributed by atoms with van der Waals surface area (Å²) in [5.41, 5.74) is 3.10. The number of carbonyl (C=O) groups is 2. The van der Waals surface area contributed by atoms with Crippen molar-refractivity contribution in [1.82, 2.24) is 9.72 Å². The van der Waals surface area contributed by atoms with Crippen molar-refractivity contribution in [1.29, 1.82) is 0 Å². The third-order valence-corrected chi connectivity index (χ3v) is 5.71. The SMILES string of the molecule is COc1cc(CCC(=O)Oc2cc(C)c3c(c2)O/C(=C\c2cn(C)c4ccccc24)C3=O)on1. The molecule has 0 spiro atoms. The number of aryl methyl sites for hydroxylation is 3. The Kier molecular flexibility index (Phi) is 5.41. The van der Waals surface area contributed by atoms with Crippen LogP contribution in [0.1, 0.15) is 33.7 Å². The maximum atomic E-state index is 13.1. The van der Waals surface area contributed by atoms with E-state index in [2.05, 4.69) is 5.16 Å². The van der Waals surface area contributed by atoms with Crippen molar-refractivity contribution in [2.24, 2.45) is 7.05 Å². The van der Waals surface area contributed by atoms with E-state index in [1.807, 2.05) is 42.1 Å². The van der Waals surface area contributed by atoms with Crippen molar-refractivity contribution in [2.45, 2.75) is 19.8 Å². The number of rotatable bonds is 6. The number of allylic oxidation sites excluding steroid dienone is 1. The zero-order valence-corrected chi connectivity index (χ0v) is 19.0. The largest absolute Gasteiger partial charge is 0.479 e. The highest BCUT2D eigenvalue weighted by Crippen LogP contribution is 2.38. The third kappa shape index (κ3) is 3.94. The molecule has 3 heterocycles. The Labute approximate surface area is 195 Å². The van der Waals surface area contributed by atoms with E-state index >= 15 is 0 Å². The first kappa shape index (κ1) is 21.5. The number of ether oxygens (including phenoxy) is 3. The van der Waals surface area contributed by atoms with E-state index in [9.17, 15) is 9.59 Å². The van der Waals surface area contributed by atoms with Gasteiger partial charge in [-0.2, -0.15) is 0 Å². The molecule has 0 bridgehead atoms. The van der Waals surface area contributed by atoms with Crippen molar-refractivity contribution in [2.75, 3.05) is 7.11 Å². The molecule has 0 unspecified atom stereocenters. The van der Waals surface area contributed by atoms with Crippen LogP contribution in [-0.4, -0.2) is 28.6 Å². The fourth-order valence-electron chi connectivity index (χ4n) is 4.08. The van der Waals surface area contributed by atoms with Crippen LogP contribution in [0.15, 0.2) is 58.9 Å². The van der Waals surface area contributed by atoms with Gasteiger partial charge in [0.25, 0.3) is 5.88 Å². The number of hydrogen-bond acceptors (Lipinski definition) is 7. The minimum Gasteiger partial charge on any atom is -0.479 e. The molecule has 5 rings (SSSR count). The number of carbonyl (C=O) groups excluding carboxylic acids is 2. The Bertz CT molecular complexity index is 1460. The van der Waals surface area contributed by atoms with Crippen LogP contribution >= 0.6 is 0 Å². The van der Waals surface area contributed by atoms with Gasteiger partial charge in [0, 0.05) is 48.3 Å². The van der Waals surface area contributed by atoms with Gasteiger partial charge < -0.3 is 23.3 Å². The second-order valence-corrected chi connectivity index (χ2v) is 8.08. The van der Waals surface area contributed by atoms with Crippen LogP contribution in [0.5, 0.6) is 17.4 Å². The van der Waals surface area contributed by atoms with E-state index in [-0.39, 0.29) is 18.0 Å². The van der Waals surface area contributed by atoms with Crippen molar-refractivity contribution >= 4 is 28.7 Å². The summed E-state index contributed by atoms with van der Waals surface area (Å²) in [4.78, 5) is 25.4. The van der Waals surface area contributed by atoms with Crippen LogP contribution in [0.25, 0.3) is 17.0 Å². The average Bonchev–Trinajstić information content (AvgIpc) is 3.50. The molecule has 34 heavy (non-hydrogen) atoms. The molecule has 0 atom stereocenters. The molecule has 2 aromatic carbocycles. The second kappa shape index (κ2) is 8.55. The topological polar surface area (TPSA) is 92.8 Å². The fraction of sp³-hybridized carbons (Fsp3) is 0.192. The molecule has 8 nitrogen and oxygen atoms in total. The maximum absolute atomic E-state index is 13.1. The van der Waals surface area contributed by atoms with Gasteiger partial charge in [-0.05, 0) is 35.9 Å². The van der Waals surface area contributed by atoms with Crippen LogP contribution < -0.4 is 14.2 Å². The third-order valence-electron chi connectivity index (χ3n) is 5.71. The molecule has 0 radical (unpaired) electrons. The highest BCUT2D eigenvalue weighted by atomic mass is 16.5. The number of esters is 1. The number of para-hydroxylation sites is 1. The molecule has 4 aromatic rings. The first-order valence-corrected chi connectivity index (χ1v) is 10.8. The smallest absolute Gasteiger partial charge is 0.311 e. The molecule has 0 saturated carbocycles. The number of fused-ring (bicyclic) bond motifs is 2. The Morgan fingerprint density at radius 1 is 1.21 bits per heavy atom. The van der Waals surface area contributed by atoms with Gasteiger partial charge in [0.1, 0.15) is 17.3 Å². The van der Waals surface area contributed by atoms with Gasteiger partial charge >= 0.3 is 5.97 Å². The molecule has 0 saturated heterocycles. The number of methoxy groups -OCH3 is 1. The molecule has 1 aliphatic rings. The van der Waals surface area contributed by atoms with Crippen molar-refractivity contribution in [3.8, 4) is 17.4 Å². The normalized spacial score (nSPS) is 13.9. The summed E-state index contributed by atoms with van der Waals surface area (Å²) in [7, 11) is 3.45. The lowest BCUT2D eigenvalue weighted by atomic mass is 10.0. The summed E-state index contributed by atoms with van der Waals surface area (Å²) in [6.45, 7) is 1.79. The molecular formula is C26H22N2O6. The fourth-order valence-corrected chi connectivity index (χ4v) is 4.08. The zero-order valence-electron chi connectivity index (χ0n) is 19.0. The summed E-state index contributed by atoms with van der Waals surface area (Å²) >= 11 is 0. The Morgan fingerprint density at radius 3 is 2.82 bits per heavy atom. The average molecular weight is 458 g/mol. The number of Topliss-reactive ketones (excluding diaryl/α,β-unsaturated/α-hetero) is 1. The Balaban J connectivity index is 1.33. The van der Waals surface area contributed by atoms with E-state index in [1.165, 1.54) is 7.11 Å². The van der Waals surface area contributed by atoms with E-state index in [4.69, 9.17) is 18.7 Å². The molecule has 0 amide bonds. The quantitative estimate of drug-likeness (QED) is 0.236. The summed E-state index contributed by atoms with van der Waals surface area (Å²) < 4.78 is 23.4. The van der Waals surface area contributed by atoms with E-state index < -0.39 is 5.97 Å². The van der Waals surface area contributed by atoms with Crippen LogP contribution in [0.2, 0.25) is 0 Å². The van der Waals surface area contributed by atoms with E-state index in [1.54, 1.807) is 31.2 Å². The molecule has 2 aromatic heterocycles. The summed E-state index contributed by atoms with van der Waals surface area (Å²) in [5.74, 6) is 1.16. The van der Waals surface area contributed by atoms with Gasteiger partial charge in [-0.25, -0.2) is 0 Å². The lowest BCUT2D eigenvalue weighted by molar-refractivity contribution is -0.134. The molecule has 0 aliphatic carbocycles. The van der Waals surface area contributed by atoms with Crippen LogP contribution in [0.4, 0.5) is 0 Å². The van der Waals surface area contributed by atoms with E-state index in [0.717, 1.165) is 16.5 Å². The first-order chi connectivity index (χ1) is 16.4. The molecule has 8 heteroatoms. The summed E-state index contributed by atoms with van der Waals surface area (Å²) in [5, 5.41) is 4.73. The number of nitrogens with zero attached hydrogens (tertiary/aromatic N) is 2. The van der Waals surface area contributed by atoms with Gasteiger partial charge in [-0.3, -0.25) is 9.59 Å². The minimum absolute atomic E-state index is 0.0977. The van der Waals surface area contributed by atoms with E-state index in [0.29, 0.717) is 40.7 Å². The molecule has 1 aliphatic heterocycles. The predicted molar refractivity (Wildman–Crippen MR) is 124 cm³/mol. The van der Waals surface area contributed by atoms with Crippen molar-refractivity contribution in [3.63, 3.8) is 0 Å². The maximum Gasteiger partial charge on any atom is 0.311 e. The molecule has 0 fully saturated rings. The zero-order chi connectivity index (χ0) is 23.8. The van der Waals surface area contributed by atoms with Gasteiger partial charge in [0.05, 0.1) is 19.1 Å². The highest BCUT2D eigenvalue weighted by Gasteiger charge is 2.30. The second-order valence-electron chi connectivity index (χ2n) is 8.08.